The standard InChI is InChI=1S/C34H42N4O6/c1-41-18-6-16-38-23-33(39)36-29-22-37(21-27-8-3-4-15-35-27)17-14-30(29)43-24-26-7-5-9-28(19-26)44-31-12-10-25(11-13-34(38)40)20-32(31)42-2/h3-5,7-10,12,15,19-20,29-30H,6,11,13-14,16-18,21-24H2,1-2H3,(H,36,39)/t29-,30+/m0/s1. The van der Waals surface area contributed by atoms with Crippen molar-refractivity contribution in [2.45, 2.75) is 51.0 Å². The summed E-state index contributed by atoms with van der Waals surface area (Å²) in [6, 6.07) is 19.1. The second kappa shape index (κ2) is 15.7. The van der Waals surface area contributed by atoms with Crippen LogP contribution in [0.15, 0.2) is 66.9 Å². The SMILES string of the molecule is COCCCN1CC(=O)N[C@H]2CN(Cc3ccccn3)CC[C@H]2OCc2cccc(c2)Oc2ccc(cc2OC)CCC1=O. The van der Waals surface area contributed by atoms with Gasteiger partial charge in [0.05, 0.1) is 38.1 Å². The topological polar surface area (TPSA) is 102 Å². The van der Waals surface area contributed by atoms with Crippen molar-refractivity contribution < 1.29 is 28.5 Å². The van der Waals surface area contributed by atoms with Gasteiger partial charge in [-0.05, 0) is 66.8 Å². The van der Waals surface area contributed by atoms with Crippen molar-refractivity contribution in [1.29, 1.82) is 0 Å². The van der Waals surface area contributed by atoms with E-state index in [1.807, 2.05) is 60.7 Å². The zero-order valence-corrected chi connectivity index (χ0v) is 25.6. The third kappa shape index (κ3) is 8.78. The van der Waals surface area contributed by atoms with Gasteiger partial charge in [-0.3, -0.25) is 19.5 Å². The number of carbonyl (C=O) groups is 2. The van der Waals surface area contributed by atoms with Gasteiger partial charge in [-0.2, -0.15) is 0 Å². The second-order valence-corrected chi connectivity index (χ2v) is 11.3. The van der Waals surface area contributed by atoms with Gasteiger partial charge in [0.25, 0.3) is 0 Å². The maximum absolute atomic E-state index is 13.5. The number of likely N-dealkylation sites (tertiary alicyclic amines) is 1. The summed E-state index contributed by atoms with van der Waals surface area (Å²) < 4.78 is 23.5. The van der Waals surface area contributed by atoms with Gasteiger partial charge in [-0.1, -0.05) is 24.3 Å². The van der Waals surface area contributed by atoms with Crippen LogP contribution in [0.4, 0.5) is 0 Å². The number of ether oxygens (including phenoxy) is 4. The highest BCUT2D eigenvalue weighted by Gasteiger charge is 2.32. The Kier molecular flexibility index (Phi) is 11.2. The molecule has 0 saturated carbocycles. The van der Waals surface area contributed by atoms with Crippen molar-refractivity contribution >= 4 is 11.8 Å². The van der Waals surface area contributed by atoms with Crippen LogP contribution in [0.25, 0.3) is 0 Å². The monoisotopic (exact) mass is 602 g/mol. The highest BCUT2D eigenvalue weighted by molar-refractivity contribution is 5.85. The van der Waals surface area contributed by atoms with E-state index >= 15 is 0 Å². The smallest absolute Gasteiger partial charge is 0.239 e. The number of amides is 2. The Balaban J connectivity index is 1.39. The molecule has 2 amide bonds. The molecule has 4 bridgehead atoms. The average molecular weight is 603 g/mol. The predicted molar refractivity (Wildman–Crippen MR) is 166 cm³/mol. The molecule has 0 radical (unpaired) electrons. The van der Waals surface area contributed by atoms with E-state index in [-0.39, 0.29) is 36.9 Å². The van der Waals surface area contributed by atoms with Crippen LogP contribution in [0.3, 0.4) is 0 Å². The van der Waals surface area contributed by atoms with Gasteiger partial charge in [-0.25, -0.2) is 0 Å². The number of rotatable bonds is 7. The minimum absolute atomic E-state index is 0.0237. The number of hydrogen-bond acceptors (Lipinski definition) is 8. The molecule has 2 atom stereocenters. The molecule has 1 saturated heterocycles. The van der Waals surface area contributed by atoms with Gasteiger partial charge < -0.3 is 29.2 Å². The van der Waals surface area contributed by atoms with E-state index in [1.54, 1.807) is 25.3 Å². The van der Waals surface area contributed by atoms with E-state index in [4.69, 9.17) is 18.9 Å². The first kappa shape index (κ1) is 31.4. The van der Waals surface area contributed by atoms with Gasteiger partial charge >= 0.3 is 0 Å². The van der Waals surface area contributed by atoms with E-state index in [9.17, 15) is 9.59 Å². The van der Waals surface area contributed by atoms with Crippen molar-refractivity contribution in [3.63, 3.8) is 0 Å². The number of piperidine rings is 1. The number of nitrogens with one attached hydrogen (secondary N) is 1. The van der Waals surface area contributed by atoms with Crippen LogP contribution < -0.4 is 14.8 Å². The molecule has 3 aliphatic heterocycles. The fourth-order valence-corrected chi connectivity index (χ4v) is 5.71. The van der Waals surface area contributed by atoms with E-state index in [0.717, 1.165) is 29.8 Å². The number of nitrogens with zero attached hydrogens (tertiary/aromatic N) is 3. The lowest BCUT2D eigenvalue weighted by Gasteiger charge is -2.39. The highest BCUT2D eigenvalue weighted by Crippen LogP contribution is 2.33. The molecule has 0 unspecified atom stereocenters. The molecule has 234 valence electrons. The minimum atomic E-state index is -0.253. The molecule has 2 aromatic carbocycles. The Morgan fingerprint density at radius 2 is 1.93 bits per heavy atom. The fraction of sp³-hybridized carbons (Fsp3) is 0.441. The molecule has 3 aromatic rings. The minimum Gasteiger partial charge on any atom is -0.493 e. The molecule has 44 heavy (non-hydrogen) atoms. The lowest BCUT2D eigenvalue weighted by Crippen LogP contribution is -2.57. The zero-order chi connectivity index (χ0) is 30.7. The average Bonchev–Trinajstić information content (AvgIpc) is 3.03. The first-order chi connectivity index (χ1) is 21.5. The van der Waals surface area contributed by atoms with Crippen LogP contribution >= 0.6 is 0 Å². The third-order valence-electron chi connectivity index (χ3n) is 8.00. The van der Waals surface area contributed by atoms with E-state index < -0.39 is 0 Å². The summed E-state index contributed by atoms with van der Waals surface area (Å²) in [6.07, 6.45) is 3.75. The highest BCUT2D eigenvalue weighted by atomic mass is 16.5. The molecule has 0 aliphatic carbocycles. The van der Waals surface area contributed by atoms with Crippen LogP contribution in [0.2, 0.25) is 0 Å². The first-order valence-electron chi connectivity index (χ1n) is 15.2. The normalized spacial score (nSPS) is 20.1. The number of methoxy groups -OCH3 is 2. The fourth-order valence-electron chi connectivity index (χ4n) is 5.71. The van der Waals surface area contributed by atoms with Gasteiger partial charge in [0.15, 0.2) is 11.5 Å². The number of carbonyl (C=O) groups excluding carboxylic acids is 2. The molecule has 3 aliphatic rings. The number of hydrogen-bond donors (Lipinski definition) is 1. The summed E-state index contributed by atoms with van der Waals surface area (Å²) in [7, 11) is 3.23. The van der Waals surface area contributed by atoms with Gasteiger partial charge in [0.1, 0.15) is 5.75 Å². The third-order valence-corrected chi connectivity index (χ3v) is 8.00. The van der Waals surface area contributed by atoms with Crippen molar-refractivity contribution in [2.75, 3.05) is 47.0 Å². The molecular formula is C34H42N4O6. The predicted octanol–water partition coefficient (Wildman–Crippen LogP) is 3.97. The van der Waals surface area contributed by atoms with Crippen LogP contribution in [-0.2, 0) is 38.6 Å². The molecule has 1 N–H and O–H groups in total. The molecule has 10 nitrogen and oxygen atoms in total. The lowest BCUT2D eigenvalue weighted by atomic mass is 10.0. The molecular weight excluding hydrogens is 560 g/mol. The van der Waals surface area contributed by atoms with Crippen LogP contribution in [-0.4, -0.2) is 85.7 Å². The molecule has 10 heteroatoms. The maximum Gasteiger partial charge on any atom is 0.239 e. The van der Waals surface area contributed by atoms with Crippen molar-refractivity contribution in [1.82, 2.24) is 20.1 Å². The number of aryl methyl sites for hydroxylation is 1. The van der Waals surface area contributed by atoms with Crippen molar-refractivity contribution in [3.05, 3.63) is 83.7 Å². The molecule has 1 aromatic heterocycles. The summed E-state index contributed by atoms with van der Waals surface area (Å²) in [5.41, 5.74) is 2.89. The summed E-state index contributed by atoms with van der Waals surface area (Å²) in [4.78, 5) is 35.3. The van der Waals surface area contributed by atoms with Gasteiger partial charge in [0, 0.05) is 52.5 Å². The number of benzene rings is 2. The Bertz CT molecular complexity index is 1390. The quantitative estimate of drug-likeness (QED) is 0.406. The van der Waals surface area contributed by atoms with Crippen LogP contribution in [0, 0.1) is 0 Å². The Morgan fingerprint density at radius 1 is 1.02 bits per heavy atom. The molecule has 6 rings (SSSR count). The van der Waals surface area contributed by atoms with E-state index in [0.29, 0.717) is 62.9 Å². The van der Waals surface area contributed by atoms with E-state index in [1.165, 1.54) is 0 Å². The van der Waals surface area contributed by atoms with Crippen LogP contribution in [0.1, 0.15) is 36.1 Å². The number of fused-ring (bicyclic) bond motifs is 9. The number of aromatic nitrogens is 1. The Labute approximate surface area is 259 Å². The summed E-state index contributed by atoms with van der Waals surface area (Å²) in [6.45, 7) is 3.39. The lowest BCUT2D eigenvalue weighted by molar-refractivity contribution is -0.137. The zero-order valence-electron chi connectivity index (χ0n) is 25.6. The van der Waals surface area contributed by atoms with Gasteiger partial charge in [0.2, 0.25) is 11.8 Å². The maximum atomic E-state index is 13.5. The van der Waals surface area contributed by atoms with Gasteiger partial charge in [-0.15, -0.1) is 0 Å². The molecule has 1 fully saturated rings. The van der Waals surface area contributed by atoms with Crippen LogP contribution in [0.5, 0.6) is 17.2 Å². The van der Waals surface area contributed by atoms with E-state index in [2.05, 4.69) is 15.2 Å². The number of pyridine rings is 1. The first-order valence-corrected chi connectivity index (χ1v) is 15.2. The van der Waals surface area contributed by atoms with Crippen molar-refractivity contribution in [2.24, 2.45) is 0 Å². The summed E-state index contributed by atoms with van der Waals surface area (Å²) >= 11 is 0. The van der Waals surface area contributed by atoms with Crippen molar-refractivity contribution in [3.8, 4) is 17.2 Å². The summed E-state index contributed by atoms with van der Waals surface area (Å²) in [5, 5.41) is 3.22. The molecule has 4 heterocycles. The largest absolute Gasteiger partial charge is 0.493 e. The molecule has 0 spiro atoms. The summed E-state index contributed by atoms with van der Waals surface area (Å²) in [5.74, 6) is 1.57. The Morgan fingerprint density at radius 3 is 2.75 bits per heavy atom. The Hall–Kier alpha value is -3.99. The second-order valence-electron chi connectivity index (χ2n) is 11.3.